The summed E-state index contributed by atoms with van der Waals surface area (Å²) in [6.45, 7) is 4.75. The van der Waals surface area contributed by atoms with Gasteiger partial charge in [0, 0.05) is 22.5 Å². The summed E-state index contributed by atoms with van der Waals surface area (Å²) in [5, 5.41) is 5.30. The summed E-state index contributed by atoms with van der Waals surface area (Å²) < 4.78 is 0. The van der Waals surface area contributed by atoms with Crippen molar-refractivity contribution < 1.29 is 0 Å². The molecule has 0 heterocycles. The van der Waals surface area contributed by atoms with Crippen molar-refractivity contribution in [3.63, 3.8) is 0 Å². The first-order valence-corrected chi connectivity index (χ1v) is 20.0. The fraction of sp³-hybridized carbons (Fsp3) is 0.0714. The minimum atomic E-state index is -0.424. The molecule has 0 unspecified atom stereocenters. The van der Waals surface area contributed by atoms with E-state index in [0.29, 0.717) is 0 Å². The Balaban J connectivity index is 1.00. The highest BCUT2D eigenvalue weighted by molar-refractivity contribution is 6.16. The van der Waals surface area contributed by atoms with Crippen LogP contribution in [0.5, 0.6) is 0 Å². The van der Waals surface area contributed by atoms with Crippen LogP contribution < -0.4 is 4.90 Å². The van der Waals surface area contributed by atoms with Crippen molar-refractivity contribution in [2.45, 2.75) is 24.7 Å². The number of fused-ring (bicyclic) bond motifs is 3. The Labute approximate surface area is 334 Å². The maximum Gasteiger partial charge on any atom is 0.0714 e. The third kappa shape index (κ3) is 5.02. The number of hydrogen-bond acceptors (Lipinski definition) is 1. The van der Waals surface area contributed by atoms with Crippen LogP contribution in [0.3, 0.4) is 0 Å². The Bertz CT molecular complexity index is 2940. The van der Waals surface area contributed by atoms with Crippen LogP contribution in [0, 0.1) is 0 Å². The van der Waals surface area contributed by atoms with Crippen molar-refractivity contribution in [3.8, 4) is 11.1 Å². The topological polar surface area (TPSA) is 3.24 Å². The number of anilines is 3. The van der Waals surface area contributed by atoms with E-state index in [-0.39, 0.29) is 5.41 Å². The molecule has 9 aromatic carbocycles. The van der Waals surface area contributed by atoms with Crippen LogP contribution in [0.4, 0.5) is 17.1 Å². The first-order chi connectivity index (χ1) is 28.0. The smallest absolute Gasteiger partial charge is 0.0714 e. The maximum atomic E-state index is 2.46. The molecule has 2 aliphatic carbocycles. The number of rotatable bonds is 7. The number of benzene rings is 9. The minimum absolute atomic E-state index is 0.166. The van der Waals surface area contributed by atoms with Gasteiger partial charge in [0.1, 0.15) is 0 Å². The molecule has 0 saturated carbocycles. The zero-order chi connectivity index (χ0) is 38.1. The summed E-state index contributed by atoms with van der Waals surface area (Å²) in [6.07, 6.45) is 4.62. The van der Waals surface area contributed by atoms with Crippen LogP contribution in [0.1, 0.15) is 58.4 Å². The third-order valence-electron chi connectivity index (χ3n) is 12.6. The molecule has 0 aromatic heterocycles. The van der Waals surface area contributed by atoms with Crippen molar-refractivity contribution in [1.82, 2.24) is 0 Å². The van der Waals surface area contributed by atoms with Gasteiger partial charge in [-0.25, -0.2) is 0 Å². The van der Waals surface area contributed by atoms with Crippen molar-refractivity contribution in [3.05, 3.63) is 245 Å². The van der Waals surface area contributed by atoms with Gasteiger partial charge in [-0.2, -0.15) is 0 Å². The van der Waals surface area contributed by atoms with E-state index in [4.69, 9.17) is 0 Å². The van der Waals surface area contributed by atoms with Gasteiger partial charge in [-0.05, 0) is 126 Å². The molecule has 1 nitrogen and oxygen atoms in total. The fourth-order valence-corrected chi connectivity index (χ4v) is 10.1. The summed E-state index contributed by atoms with van der Waals surface area (Å²) in [4.78, 5) is 2.36. The fourth-order valence-electron chi connectivity index (χ4n) is 10.1. The number of para-hydroxylation sites is 2. The first kappa shape index (κ1) is 33.4. The van der Waals surface area contributed by atoms with Crippen LogP contribution in [-0.2, 0) is 10.8 Å². The average Bonchev–Trinajstić information content (AvgIpc) is 3.69. The van der Waals surface area contributed by atoms with E-state index in [0.717, 1.165) is 17.1 Å². The van der Waals surface area contributed by atoms with Gasteiger partial charge in [0.2, 0.25) is 0 Å². The summed E-state index contributed by atoms with van der Waals surface area (Å²) >= 11 is 0. The van der Waals surface area contributed by atoms with Crippen LogP contribution in [0.2, 0.25) is 0 Å². The number of hydrogen-bond donors (Lipinski definition) is 0. The van der Waals surface area contributed by atoms with Gasteiger partial charge < -0.3 is 4.90 Å². The van der Waals surface area contributed by atoms with Crippen LogP contribution in [-0.4, -0.2) is 0 Å². The molecule has 11 rings (SSSR count). The van der Waals surface area contributed by atoms with Crippen LogP contribution in [0.15, 0.2) is 200 Å². The van der Waals surface area contributed by atoms with Gasteiger partial charge in [0.25, 0.3) is 0 Å². The van der Waals surface area contributed by atoms with Gasteiger partial charge in [-0.15, -0.1) is 0 Å². The molecule has 0 bridgehead atoms. The Kier molecular flexibility index (Phi) is 7.50. The monoisotopic (exact) mass is 727 g/mol. The van der Waals surface area contributed by atoms with Crippen molar-refractivity contribution in [2.24, 2.45) is 0 Å². The maximum absolute atomic E-state index is 2.46. The molecule has 1 heteroatoms. The highest BCUT2D eigenvalue weighted by Crippen LogP contribution is 2.56. The molecule has 0 radical (unpaired) electrons. The van der Waals surface area contributed by atoms with Gasteiger partial charge in [0.15, 0.2) is 0 Å². The van der Waals surface area contributed by atoms with Gasteiger partial charge in [-0.1, -0.05) is 178 Å². The Morgan fingerprint density at radius 1 is 0.368 bits per heavy atom. The van der Waals surface area contributed by atoms with E-state index in [9.17, 15) is 0 Å². The molecule has 0 N–H and O–H groups in total. The minimum Gasteiger partial charge on any atom is -0.310 e. The van der Waals surface area contributed by atoms with E-state index in [1.807, 2.05) is 0 Å². The molecule has 0 spiro atoms. The summed E-state index contributed by atoms with van der Waals surface area (Å²) in [5.74, 6) is 0. The van der Waals surface area contributed by atoms with Crippen molar-refractivity contribution >= 4 is 50.8 Å². The van der Waals surface area contributed by atoms with Crippen molar-refractivity contribution in [1.29, 1.82) is 0 Å². The van der Waals surface area contributed by atoms with Crippen LogP contribution >= 0.6 is 0 Å². The molecule has 0 aliphatic heterocycles. The second-order valence-corrected chi connectivity index (χ2v) is 16.1. The molecule has 0 saturated heterocycles. The third-order valence-corrected chi connectivity index (χ3v) is 12.6. The van der Waals surface area contributed by atoms with E-state index in [2.05, 4.69) is 231 Å². The van der Waals surface area contributed by atoms with Crippen LogP contribution in [0.25, 0.3) is 44.8 Å². The Hall–Kier alpha value is -6.96. The van der Waals surface area contributed by atoms with E-state index in [1.54, 1.807) is 0 Å². The molecule has 0 atom stereocenters. The highest BCUT2D eigenvalue weighted by Gasteiger charge is 2.45. The first-order valence-electron chi connectivity index (χ1n) is 20.0. The van der Waals surface area contributed by atoms with Gasteiger partial charge in [0.05, 0.1) is 5.41 Å². The number of nitrogens with zero attached hydrogens (tertiary/aromatic N) is 1. The summed E-state index contributed by atoms with van der Waals surface area (Å²) in [5.41, 5.74) is 15.9. The normalized spacial score (nSPS) is 14.4. The zero-order valence-corrected chi connectivity index (χ0v) is 32.2. The van der Waals surface area contributed by atoms with Crippen molar-refractivity contribution in [2.75, 3.05) is 4.90 Å². The predicted octanol–water partition coefficient (Wildman–Crippen LogP) is 14.6. The largest absolute Gasteiger partial charge is 0.310 e. The molecule has 0 fully saturated rings. The average molecular weight is 728 g/mol. The van der Waals surface area contributed by atoms with E-state index >= 15 is 0 Å². The Morgan fingerprint density at radius 3 is 1.54 bits per heavy atom. The summed E-state index contributed by atoms with van der Waals surface area (Å²) in [6, 6.07) is 73.9. The molecule has 270 valence electrons. The molecular weight excluding hydrogens is 687 g/mol. The molecule has 9 aromatic rings. The molecular formula is C56H41N. The van der Waals surface area contributed by atoms with E-state index < -0.39 is 5.41 Å². The molecule has 0 amide bonds. The second kappa shape index (κ2) is 12.8. The predicted molar refractivity (Wildman–Crippen MR) is 241 cm³/mol. The second-order valence-electron chi connectivity index (χ2n) is 16.1. The lowest BCUT2D eigenvalue weighted by Gasteiger charge is -2.34. The standard InChI is InChI=1S/C56H41N/c1-55(2)50-35-38(28-32-47(50)48-33-31-46(37-51(48)55)57(44-21-11-5-12-22-44)45-23-13-6-14-24-45)26-27-39-34-41-30-29-40-16-15-25-49-53(40)54(41)52(36-39)56(49,42-17-7-3-8-18-42)43-19-9-4-10-20-43/h3-37H,1-2H3/b27-26+. The summed E-state index contributed by atoms with van der Waals surface area (Å²) in [7, 11) is 0. The van der Waals surface area contributed by atoms with E-state index in [1.165, 1.54) is 77.2 Å². The quantitative estimate of drug-likeness (QED) is 0.117. The lowest BCUT2D eigenvalue weighted by Crippen LogP contribution is -2.28. The molecule has 57 heavy (non-hydrogen) atoms. The van der Waals surface area contributed by atoms with Gasteiger partial charge >= 0.3 is 0 Å². The lowest BCUT2D eigenvalue weighted by atomic mass is 9.67. The van der Waals surface area contributed by atoms with Gasteiger partial charge in [-0.3, -0.25) is 0 Å². The SMILES string of the molecule is CC1(C)c2cc(/C=C/c3cc4c5c(ccc6cccc(c65)C4(c4ccccc4)c4ccccc4)c3)ccc2-c2ccc(N(c3ccccc3)c3ccccc3)cc21. The Morgan fingerprint density at radius 2 is 0.895 bits per heavy atom. The lowest BCUT2D eigenvalue weighted by molar-refractivity contribution is 0.660. The highest BCUT2D eigenvalue weighted by atomic mass is 15.1. The molecule has 2 aliphatic rings. The zero-order valence-electron chi connectivity index (χ0n) is 32.2.